The zero-order valence-corrected chi connectivity index (χ0v) is 18.8. The molecule has 2 aromatic carbocycles. The molecule has 0 bridgehead atoms. The highest BCUT2D eigenvalue weighted by Crippen LogP contribution is 2.28. The van der Waals surface area contributed by atoms with Crippen molar-refractivity contribution in [2.24, 2.45) is 0 Å². The number of methoxy groups -OCH3 is 2. The lowest BCUT2D eigenvalue weighted by molar-refractivity contribution is 0.285. The molecule has 0 aromatic heterocycles. The van der Waals surface area contributed by atoms with Crippen LogP contribution in [-0.2, 0) is 16.4 Å². The molecule has 30 heavy (non-hydrogen) atoms. The van der Waals surface area contributed by atoms with E-state index in [1.54, 1.807) is 12.1 Å². The Hall–Kier alpha value is -2.36. The van der Waals surface area contributed by atoms with Gasteiger partial charge in [-0.25, -0.2) is 17.1 Å². The summed E-state index contributed by atoms with van der Waals surface area (Å²) >= 11 is 0. The number of hydrogen-bond acceptors (Lipinski definition) is 6. The van der Waals surface area contributed by atoms with E-state index in [2.05, 4.69) is 5.32 Å². The van der Waals surface area contributed by atoms with Crippen LogP contribution in [-0.4, -0.2) is 60.2 Å². The first-order chi connectivity index (χ1) is 14.2. The molecule has 0 heterocycles. The normalized spacial score (nSPS) is 12.6. The summed E-state index contributed by atoms with van der Waals surface area (Å²) in [5.74, 6) is 0.735. The van der Waals surface area contributed by atoms with E-state index in [1.165, 1.54) is 46.5 Å². The molecule has 0 radical (unpaired) electrons. The van der Waals surface area contributed by atoms with Crippen LogP contribution in [0.2, 0.25) is 0 Å². The molecule has 0 aliphatic carbocycles. The van der Waals surface area contributed by atoms with Gasteiger partial charge >= 0.3 is 0 Å². The van der Waals surface area contributed by atoms with Gasteiger partial charge in [-0.15, -0.1) is 0 Å². The monoisotopic (exact) mass is 440 g/mol. The topological polar surface area (TPSA) is 77.1 Å². The minimum Gasteiger partial charge on any atom is -0.495 e. The van der Waals surface area contributed by atoms with Gasteiger partial charge in [0.15, 0.2) is 11.5 Å². The predicted octanol–water partition coefficient (Wildman–Crippen LogP) is 2.69. The van der Waals surface area contributed by atoms with E-state index < -0.39 is 15.8 Å². The number of nitrogens with one attached hydrogen (secondary N) is 1. The maximum Gasteiger partial charge on any atom is 0.246 e. The molecule has 1 atom stereocenters. The van der Waals surface area contributed by atoms with E-state index >= 15 is 0 Å². The summed E-state index contributed by atoms with van der Waals surface area (Å²) in [6, 6.07) is 9.33. The zero-order valence-electron chi connectivity index (χ0n) is 17.9. The Kier molecular flexibility index (Phi) is 8.45. The first-order valence-corrected chi connectivity index (χ1v) is 10.9. The molecular weight excluding hydrogens is 411 g/mol. The lowest BCUT2D eigenvalue weighted by atomic mass is 10.1. The van der Waals surface area contributed by atoms with Crippen molar-refractivity contribution in [2.45, 2.75) is 24.3 Å². The largest absolute Gasteiger partial charge is 0.495 e. The molecule has 2 rings (SSSR count). The second kappa shape index (κ2) is 10.6. The van der Waals surface area contributed by atoms with Gasteiger partial charge in [-0.1, -0.05) is 6.07 Å². The van der Waals surface area contributed by atoms with E-state index in [-0.39, 0.29) is 10.9 Å². The highest BCUT2D eigenvalue weighted by Gasteiger charge is 2.22. The molecule has 2 aromatic rings. The highest BCUT2D eigenvalue weighted by atomic mass is 32.2. The maximum absolute atomic E-state index is 13.4. The third-order valence-electron chi connectivity index (χ3n) is 4.51. The quantitative estimate of drug-likeness (QED) is 0.542. The Bertz CT molecular complexity index is 950. The van der Waals surface area contributed by atoms with Gasteiger partial charge in [0.05, 0.1) is 14.2 Å². The van der Waals surface area contributed by atoms with Gasteiger partial charge in [0.1, 0.15) is 23.1 Å². The summed E-state index contributed by atoms with van der Waals surface area (Å²) in [7, 11) is 2.30. The zero-order chi connectivity index (χ0) is 22.3. The van der Waals surface area contributed by atoms with E-state index in [0.717, 1.165) is 9.87 Å². The third-order valence-corrected chi connectivity index (χ3v) is 6.34. The average molecular weight is 441 g/mol. The minimum absolute atomic E-state index is 0.0614. The van der Waals surface area contributed by atoms with Crippen LogP contribution in [0.3, 0.4) is 0 Å². The van der Waals surface area contributed by atoms with Gasteiger partial charge in [-0.3, -0.25) is 0 Å². The van der Waals surface area contributed by atoms with Crippen molar-refractivity contribution >= 4 is 10.0 Å². The van der Waals surface area contributed by atoms with Crippen molar-refractivity contribution in [3.05, 3.63) is 47.8 Å². The second-order valence-electron chi connectivity index (χ2n) is 6.98. The number of ether oxygens (including phenoxy) is 3. The van der Waals surface area contributed by atoms with E-state index in [0.29, 0.717) is 36.8 Å². The molecule has 0 aliphatic rings. The van der Waals surface area contributed by atoms with Gasteiger partial charge in [0, 0.05) is 32.7 Å². The van der Waals surface area contributed by atoms with Crippen molar-refractivity contribution in [2.75, 3.05) is 41.5 Å². The highest BCUT2D eigenvalue weighted by molar-refractivity contribution is 7.89. The van der Waals surface area contributed by atoms with Gasteiger partial charge in [-0.05, 0) is 43.2 Å². The van der Waals surface area contributed by atoms with E-state index in [4.69, 9.17) is 14.2 Å². The molecule has 0 fully saturated rings. The number of halogens is 1. The third kappa shape index (κ3) is 6.07. The van der Waals surface area contributed by atoms with Crippen LogP contribution >= 0.6 is 0 Å². The standard InChI is InChI=1S/C21H29FN2O5S/c1-15(23-10-11-29-20-14-17(22)7-9-18(20)27-4)12-16-6-8-19(28-5)21(13-16)30(25,26)24(2)3/h6-9,13-15,23H,10-12H2,1-5H3. The van der Waals surface area contributed by atoms with E-state index in [9.17, 15) is 12.8 Å². The van der Waals surface area contributed by atoms with Crippen molar-refractivity contribution < 1.29 is 27.0 Å². The first kappa shape index (κ1) is 23.9. The summed E-state index contributed by atoms with van der Waals surface area (Å²) in [5, 5.41) is 3.31. The van der Waals surface area contributed by atoms with Crippen molar-refractivity contribution in [1.29, 1.82) is 0 Å². The summed E-state index contributed by atoms with van der Waals surface area (Å²) in [5.41, 5.74) is 0.865. The van der Waals surface area contributed by atoms with Crippen molar-refractivity contribution in [3.8, 4) is 17.2 Å². The number of rotatable bonds is 11. The Morgan fingerprint density at radius 1 is 1.03 bits per heavy atom. The van der Waals surface area contributed by atoms with Gasteiger partial charge in [0.25, 0.3) is 0 Å². The molecule has 7 nitrogen and oxygen atoms in total. The van der Waals surface area contributed by atoms with Crippen LogP contribution in [0.5, 0.6) is 17.2 Å². The summed E-state index contributed by atoms with van der Waals surface area (Å²) in [4.78, 5) is 0.140. The Morgan fingerprint density at radius 2 is 1.70 bits per heavy atom. The Balaban J connectivity index is 1.95. The molecule has 1 unspecified atom stereocenters. The number of hydrogen-bond donors (Lipinski definition) is 1. The predicted molar refractivity (Wildman–Crippen MR) is 113 cm³/mol. The summed E-state index contributed by atoms with van der Waals surface area (Å²) in [6.45, 7) is 2.85. The van der Waals surface area contributed by atoms with Crippen LogP contribution in [0.1, 0.15) is 12.5 Å². The molecule has 0 spiro atoms. The second-order valence-corrected chi connectivity index (χ2v) is 9.10. The van der Waals surface area contributed by atoms with Crippen LogP contribution in [0, 0.1) is 5.82 Å². The summed E-state index contributed by atoms with van der Waals surface area (Å²) in [6.07, 6.45) is 0.614. The number of sulfonamides is 1. The fraction of sp³-hybridized carbons (Fsp3) is 0.429. The Labute approximate surface area is 177 Å². The van der Waals surface area contributed by atoms with E-state index in [1.807, 2.05) is 13.0 Å². The fourth-order valence-electron chi connectivity index (χ4n) is 2.90. The molecular formula is C21H29FN2O5S. The van der Waals surface area contributed by atoms with Crippen molar-refractivity contribution in [1.82, 2.24) is 9.62 Å². The average Bonchev–Trinajstić information content (AvgIpc) is 2.71. The van der Waals surface area contributed by atoms with Gasteiger partial charge < -0.3 is 19.5 Å². The Morgan fingerprint density at radius 3 is 2.33 bits per heavy atom. The molecule has 9 heteroatoms. The SMILES string of the molecule is COc1ccc(F)cc1OCCNC(C)Cc1ccc(OC)c(S(=O)(=O)N(C)C)c1. The summed E-state index contributed by atoms with van der Waals surface area (Å²) < 4.78 is 55.6. The first-order valence-electron chi connectivity index (χ1n) is 9.48. The smallest absolute Gasteiger partial charge is 0.246 e. The number of benzene rings is 2. The molecule has 0 amide bonds. The van der Waals surface area contributed by atoms with Crippen molar-refractivity contribution in [3.63, 3.8) is 0 Å². The van der Waals surface area contributed by atoms with Crippen LogP contribution in [0.4, 0.5) is 4.39 Å². The molecule has 1 N–H and O–H groups in total. The van der Waals surface area contributed by atoms with Crippen LogP contribution < -0.4 is 19.5 Å². The molecule has 166 valence electrons. The maximum atomic E-state index is 13.4. The molecule has 0 saturated carbocycles. The van der Waals surface area contributed by atoms with Gasteiger partial charge in [0.2, 0.25) is 10.0 Å². The molecule has 0 aliphatic heterocycles. The lowest BCUT2D eigenvalue weighted by Gasteiger charge is -2.18. The lowest BCUT2D eigenvalue weighted by Crippen LogP contribution is -2.32. The van der Waals surface area contributed by atoms with Crippen LogP contribution in [0.15, 0.2) is 41.3 Å². The number of nitrogens with zero attached hydrogens (tertiary/aromatic N) is 1. The molecule has 0 saturated heterocycles. The van der Waals surface area contributed by atoms with Crippen LogP contribution in [0.25, 0.3) is 0 Å². The minimum atomic E-state index is -3.61. The van der Waals surface area contributed by atoms with Gasteiger partial charge in [-0.2, -0.15) is 0 Å². The fourth-order valence-corrected chi connectivity index (χ4v) is 4.00.